The Labute approximate surface area is 151 Å². The van der Waals surface area contributed by atoms with Crippen molar-refractivity contribution in [2.75, 3.05) is 25.4 Å². The van der Waals surface area contributed by atoms with Crippen LogP contribution >= 0.6 is 0 Å². The van der Waals surface area contributed by atoms with E-state index >= 15 is 0 Å². The van der Waals surface area contributed by atoms with E-state index in [0.717, 1.165) is 0 Å². The van der Waals surface area contributed by atoms with Gasteiger partial charge in [-0.25, -0.2) is 13.4 Å². The number of rotatable bonds is 13. The van der Waals surface area contributed by atoms with Gasteiger partial charge in [-0.05, 0) is 6.42 Å². The van der Waals surface area contributed by atoms with E-state index in [4.69, 9.17) is 16.6 Å². The second-order valence-corrected chi connectivity index (χ2v) is 7.20. The molecule has 1 unspecified atom stereocenters. The molecule has 0 saturated carbocycles. The molecule has 2 amide bonds. The number of nitrogens with zero attached hydrogens (tertiary/aromatic N) is 1. The molecule has 0 fully saturated rings. The lowest BCUT2D eigenvalue weighted by atomic mass is 10.3. The van der Waals surface area contributed by atoms with Gasteiger partial charge in [0.15, 0.2) is 5.96 Å². The average molecular weight is 394 g/mol. The van der Waals surface area contributed by atoms with Crippen molar-refractivity contribution in [3.63, 3.8) is 0 Å². The van der Waals surface area contributed by atoms with E-state index in [1.165, 1.54) is 0 Å². The van der Waals surface area contributed by atoms with Crippen LogP contribution < -0.4 is 26.8 Å². The van der Waals surface area contributed by atoms with Crippen LogP contribution in [0.25, 0.3) is 0 Å². The van der Waals surface area contributed by atoms with Crippen molar-refractivity contribution in [1.82, 2.24) is 15.4 Å². The minimum absolute atomic E-state index is 0.00930. The molecule has 12 nitrogen and oxygen atoms in total. The van der Waals surface area contributed by atoms with Gasteiger partial charge in [0.1, 0.15) is 12.6 Å². The Morgan fingerprint density at radius 1 is 1.15 bits per heavy atom. The first kappa shape index (κ1) is 23.6. The third-order valence-corrected chi connectivity index (χ3v) is 4.44. The average Bonchev–Trinajstić information content (AvgIpc) is 2.54. The smallest absolute Gasteiger partial charge is 0.323 e. The zero-order valence-corrected chi connectivity index (χ0v) is 15.3. The van der Waals surface area contributed by atoms with Crippen molar-refractivity contribution >= 4 is 33.8 Å². The highest BCUT2D eigenvalue weighted by atomic mass is 32.2. The molecule has 26 heavy (non-hydrogen) atoms. The van der Waals surface area contributed by atoms with Crippen LogP contribution in [0, 0.1) is 0 Å². The number of amides is 2. The number of nitrogens with one attached hydrogen (secondary N) is 3. The van der Waals surface area contributed by atoms with E-state index in [0.29, 0.717) is 12.8 Å². The standard InChI is InChI=1S/C13H26N6O6S/c1-2-3-6-26(24,25)19-9(12(22)23)7-17-10(20)4-5-16-11(21)8-18-13(14)15/h9,19H,2-8H2,1H3,(H,16,21)(H,17,20)(H,22,23)(H4,14,15,18). The molecular weight excluding hydrogens is 368 g/mol. The summed E-state index contributed by atoms with van der Waals surface area (Å²) in [6.07, 6.45) is 0.917. The van der Waals surface area contributed by atoms with Crippen LogP contribution in [0.1, 0.15) is 26.2 Å². The van der Waals surface area contributed by atoms with Crippen LogP contribution in [0.15, 0.2) is 4.99 Å². The van der Waals surface area contributed by atoms with E-state index in [-0.39, 0.29) is 31.2 Å². The minimum Gasteiger partial charge on any atom is -0.480 e. The van der Waals surface area contributed by atoms with Crippen LogP contribution in [0.2, 0.25) is 0 Å². The number of carboxylic acids is 1. The lowest BCUT2D eigenvalue weighted by Crippen LogP contribution is -2.49. The van der Waals surface area contributed by atoms with Crippen molar-refractivity contribution in [2.45, 2.75) is 32.2 Å². The van der Waals surface area contributed by atoms with Gasteiger partial charge in [-0.1, -0.05) is 13.3 Å². The minimum atomic E-state index is -3.75. The number of guanidine groups is 1. The number of carbonyl (C=O) groups excluding carboxylic acids is 2. The second kappa shape index (κ2) is 12.0. The molecule has 0 aromatic carbocycles. The lowest BCUT2D eigenvalue weighted by Gasteiger charge is -2.15. The molecule has 0 aliphatic carbocycles. The normalized spacial score (nSPS) is 12.0. The summed E-state index contributed by atoms with van der Waals surface area (Å²) in [5.74, 6) is -2.87. The zero-order chi connectivity index (χ0) is 20.2. The van der Waals surface area contributed by atoms with Crippen molar-refractivity contribution < 1.29 is 27.9 Å². The molecule has 0 heterocycles. The molecule has 0 spiro atoms. The monoisotopic (exact) mass is 394 g/mol. The molecule has 0 radical (unpaired) electrons. The molecule has 0 rings (SSSR count). The number of aliphatic imine (C=N–C) groups is 1. The Hall–Kier alpha value is -2.41. The highest BCUT2D eigenvalue weighted by molar-refractivity contribution is 7.89. The molecule has 0 bridgehead atoms. The van der Waals surface area contributed by atoms with Crippen molar-refractivity contribution in [1.29, 1.82) is 0 Å². The predicted molar refractivity (Wildman–Crippen MR) is 94.6 cm³/mol. The number of aliphatic carboxylic acids is 1. The Morgan fingerprint density at radius 3 is 2.35 bits per heavy atom. The van der Waals surface area contributed by atoms with E-state index in [2.05, 4.69) is 15.6 Å². The van der Waals surface area contributed by atoms with Crippen molar-refractivity contribution in [2.24, 2.45) is 16.5 Å². The van der Waals surface area contributed by atoms with Gasteiger partial charge in [0.05, 0.1) is 5.75 Å². The Kier molecular flexibility index (Phi) is 10.9. The molecule has 0 aromatic heterocycles. The number of carbonyl (C=O) groups is 3. The quantitative estimate of drug-likeness (QED) is 0.140. The fourth-order valence-electron chi connectivity index (χ4n) is 1.63. The number of unbranched alkanes of at least 4 members (excludes halogenated alkanes) is 1. The molecule has 8 N–H and O–H groups in total. The Morgan fingerprint density at radius 2 is 1.81 bits per heavy atom. The van der Waals surface area contributed by atoms with E-state index in [1.807, 2.05) is 4.72 Å². The summed E-state index contributed by atoms with van der Waals surface area (Å²) in [5, 5.41) is 13.8. The summed E-state index contributed by atoms with van der Waals surface area (Å²) >= 11 is 0. The number of sulfonamides is 1. The fraction of sp³-hybridized carbons (Fsp3) is 0.692. The number of carboxylic acid groups (broad SMARTS) is 1. The van der Waals surface area contributed by atoms with Crippen LogP contribution in [0.5, 0.6) is 0 Å². The molecule has 150 valence electrons. The summed E-state index contributed by atoms with van der Waals surface area (Å²) in [6, 6.07) is -1.47. The van der Waals surface area contributed by atoms with E-state index in [1.54, 1.807) is 6.92 Å². The van der Waals surface area contributed by atoms with Gasteiger partial charge in [-0.3, -0.25) is 14.4 Å². The highest BCUT2D eigenvalue weighted by Crippen LogP contribution is 1.96. The molecule has 13 heteroatoms. The van der Waals surface area contributed by atoms with Gasteiger partial charge in [0.2, 0.25) is 21.8 Å². The predicted octanol–water partition coefficient (Wildman–Crippen LogP) is -2.94. The maximum Gasteiger partial charge on any atom is 0.323 e. The maximum absolute atomic E-state index is 11.7. The van der Waals surface area contributed by atoms with Crippen LogP contribution in [-0.2, 0) is 24.4 Å². The third-order valence-electron chi connectivity index (χ3n) is 2.97. The number of hydrogen-bond donors (Lipinski definition) is 6. The summed E-state index contributed by atoms with van der Waals surface area (Å²) in [5.41, 5.74) is 10.1. The SMILES string of the molecule is CCCCS(=O)(=O)NC(CNC(=O)CCNC(=O)CN=C(N)N)C(=O)O. The fourth-order valence-corrected chi connectivity index (χ4v) is 3.03. The van der Waals surface area contributed by atoms with Crippen LogP contribution in [0.3, 0.4) is 0 Å². The van der Waals surface area contributed by atoms with Crippen molar-refractivity contribution in [3.8, 4) is 0 Å². The zero-order valence-electron chi connectivity index (χ0n) is 14.5. The first-order chi connectivity index (χ1) is 12.1. The van der Waals surface area contributed by atoms with Gasteiger partial charge in [0, 0.05) is 19.5 Å². The largest absolute Gasteiger partial charge is 0.480 e. The second-order valence-electron chi connectivity index (χ2n) is 5.33. The van der Waals surface area contributed by atoms with Gasteiger partial charge >= 0.3 is 5.97 Å². The maximum atomic E-state index is 11.7. The molecule has 0 aliphatic rings. The summed E-state index contributed by atoms with van der Waals surface area (Å²) in [4.78, 5) is 37.6. The first-order valence-corrected chi connectivity index (χ1v) is 9.54. The highest BCUT2D eigenvalue weighted by Gasteiger charge is 2.24. The molecular formula is C13H26N6O6S. The van der Waals surface area contributed by atoms with E-state index in [9.17, 15) is 22.8 Å². The molecule has 0 aromatic rings. The summed E-state index contributed by atoms with van der Waals surface area (Å²) in [6.45, 7) is 1.11. The Bertz CT molecular complexity index is 617. The van der Waals surface area contributed by atoms with Gasteiger partial charge in [0.25, 0.3) is 0 Å². The van der Waals surface area contributed by atoms with Crippen molar-refractivity contribution in [3.05, 3.63) is 0 Å². The van der Waals surface area contributed by atoms with Gasteiger partial charge in [-0.2, -0.15) is 4.72 Å². The summed E-state index contributed by atoms with van der Waals surface area (Å²) in [7, 11) is -3.75. The van der Waals surface area contributed by atoms with Crippen LogP contribution in [-0.4, -0.2) is 68.7 Å². The third kappa shape index (κ3) is 12.0. The first-order valence-electron chi connectivity index (χ1n) is 7.89. The molecule has 1 atom stereocenters. The van der Waals surface area contributed by atoms with Gasteiger partial charge in [-0.15, -0.1) is 0 Å². The Balaban J connectivity index is 4.29. The lowest BCUT2D eigenvalue weighted by molar-refractivity contribution is -0.138. The van der Waals surface area contributed by atoms with Crippen LogP contribution in [0.4, 0.5) is 0 Å². The number of hydrogen-bond acceptors (Lipinski definition) is 6. The van der Waals surface area contributed by atoms with Gasteiger partial charge < -0.3 is 27.2 Å². The molecule has 0 saturated heterocycles. The topological polar surface area (TPSA) is 206 Å². The van der Waals surface area contributed by atoms with E-state index < -0.39 is 40.4 Å². The summed E-state index contributed by atoms with van der Waals surface area (Å²) < 4.78 is 25.5. The molecule has 0 aliphatic heterocycles. The number of nitrogens with two attached hydrogens (primary N) is 2.